The van der Waals surface area contributed by atoms with Gasteiger partial charge in [-0.3, -0.25) is 0 Å². The lowest BCUT2D eigenvalue weighted by atomic mass is 9.72. The number of rotatable bonds is 18. The molecule has 0 radical (unpaired) electrons. The molecule has 0 bridgehead atoms. The van der Waals surface area contributed by atoms with E-state index < -0.39 is 11.4 Å². The van der Waals surface area contributed by atoms with E-state index in [1.165, 1.54) is 77.0 Å². The van der Waals surface area contributed by atoms with Gasteiger partial charge >= 0.3 is 5.97 Å². The normalized spacial score (nSPS) is 18.3. The minimum atomic E-state index is -1.12. The van der Waals surface area contributed by atoms with Crippen LogP contribution in [0.5, 0.6) is 11.5 Å². The van der Waals surface area contributed by atoms with Crippen LogP contribution in [0.3, 0.4) is 0 Å². The Balaban J connectivity index is 1.44. The average Bonchev–Trinajstić information content (AvgIpc) is 3.00. The third kappa shape index (κ3) is 11.2. The van der Waals surface area contributed by atoms with Crippen LogP contribution < -0.4 is 9.47 Å². The van der Waals surface area contributed by atoms with E-state index >= 15 is 0 Å². The summed E-state index contributed by atoms with van der Waals surface area (Å²) in [6.45, 7) is 6.99. The topological polar surface area (TPSA) is 59.3 Å². The van der Waals surface area contributed by atoms with E-state index in [9.17, 15) is 10.1 Å². The molecule has 224 valence electrons. The zero-order valence-corrected chi connectivity index (χ0v) is 26.0. The van der Waals surface area contributed by atoms with E-state index in [-0.39, 0.29) is 0 Å². The van der Waals surface area contributed by atoms with E-state index in [4.69, 9.17) is 9.47 Å². The predicted octanol–water partition coefficient (Wildman–Crippen LogP) is 10.7. The van der Waals surface area contributed by atoms with E-state index in [1.54, 1.807) is 6.92 Å². The third-order valence-electron chi connectivity index (χ3n) is 8.85. The van der Waals surface area contributed by atoms with Gasteiger partial charge in [-0.05, 0) is 67.0 Å². The fraction of sp³-hybridized carbons (Fsp3) is 0.622. The van der Waals surface area contributed by atoms with Crippen LogP contribution in [-0.4, -0.2) is 12.6 Å². The molecule has 0 saturated heterocycles. The molecular weight excluding hydrogens is 506 g/mol. The van der Waals surface area contributed by atoms with E-state index in [2.05, 4.69) is 32.0 Å². The number of nitrogens with zero attached hydrogens (tertiary/aromatic N) is 1. The molecule has 4 nitrogen and oxygen atoms in total. The van der Waals surface area contributed by atoms with Crippen LogP contribution in [0.15, 0.2) is 48.5 Å². The molecule has 0 spiro atoms. The summed E-state index contributed by atoms with van der Waals surface area (Å²) < 4.78 is 11.6. The summed E-state index contributed by atoms with van der Waals surface area (Å²) in [4.78, 5) is 13.1. The van der Waals surface area contributed by atoms with Gasteiger partial charge < -0.3 is 9.47 Å². The van der Waals surface area contributed by atoms with Gasteiger partial charge in [-0.15, -0.1) is 0 Å². The number of carbonyl (C=O) groups excluding carboxylic acids is 1. The molecule has 41 heavy (non-hydrogen) atoms. The lowest BCUT2D eigenvalue weighted by Crippen LogP contribution is -2.33. The Labute approximate surface area is 249 Å². The van der Waals surface area contributed by atoms with Crippen LogP contribution in [0.4, 0.5) is 0 Å². The molecule has 1 aliphatic carbocycles. The zero-order chi connectivity index (χ0) is 29.3. The molecule has 1 saturated carbocycles. The molecule has 0 N–H and O–H groups in total. The zero-order valence-electron chi connectivity index (χ0n) is 26.0. The summed E-state index contributed by atoms with van der Waals surface area (Å²) in [5.74, 6) is 2.16. The SMILES string of the molecule is CCCCCCCOc1ccc(-c2ccc(OC(=O)C(C)(C#N)CC3CCC(CCCCCCC)CC3)cc2)cc1. The molecule has 1 unspecified atom stereocenters. The maximum Gasteiger partial charge on any atom is 0.331 e. The highest BCUT2D eigenvalue weighted by molar-refractivity contribution is 5.82. The van der Waals surface area contributed by atoms with Crippen molar-refractivity contribution in [2.75, 3.05) is 6.61 Å². The Morgan fingerprint density at radius 2 is 1.27 bits per heavy atom. The molecule has 1 fully saturated rings. The van der Waals surface area contributed by atoms with Gasteiger partial charge in [0.15, 0.2) is 5.41 Å². The molecule has 2 aromatic rings. The van der Waals surface area contributed by atoms with Crippen molar-refractivity contribution in [2.45, 2.75) is 124 Å². The lowest BCUT2D eigenvalue weighted by molar-refractivity contribution is -0.142. The Morgan fingerprint density at radius 3 is 1.83 bits per heavy atom. The number of esters is 1. The van der Waals surface area contributed by atoms with E-state index in [0.29, 0.717) is 18.1 Å². The standard InChI is InChI=1S/C37H53NO3/c1-4-6-8-10-12-14-30-15-17-31(18-16-30)28-37(3,29-38)36(39)41-35-25-21-33(22-26-35)32-19-23-34(24-20-32)40-27-13-11-9-7-5-2/h19-26,30-31H,4-18,27-28H2,1-3H3. The van der Waals surface area contributed by atoms with Gasteiger partial charge in [0.05, 0.1) is 12.7 Å². The fourth-order valence-corrected chi connectivity index (χ4v) is 6.09. The number of unbranched alkanes of at least 4 members (excludes halogenated alkanes) is 8. The minimum Gasteiger partial charge on any atom is -0.494 e. The number of benzene rings is 2. The Hall–Kier alpha value is -2.80. The van der Waals surface area contributed by atoms with E-state index in [1.807, 2.05) is 36.4 Å². The molecule has 0 amide bonds. The molecule has 2 aromatic carbocycles. The summed E-state index contributed by atoms with van der Waals surface area (Å²) >= 11 is 0. The second-order valence-corrected chi connectivity index (χ2v) is 12.4. The van der Waals surface area contributed by atoms with Gasteiger partial charge in [-0.2, -0.15) is 5.26 Å². The van der Waals surface area contributed by atoms with Crippen molar-refractivity contribution in [2.24, 2.45) is 17.3 Å². The molecule has 0 aliphatic heterocycles. The van der Waals surface area contributed by atoms with Crippen molar-refractivity contribution >= 4 is 5.97 Å². The molecule has 0 heterocycles. The van der Waals surface area contributed by atoms with Gasteiger partial charge in [0.25, 0.3) is 0 Å². The maximum atomic E-state index is 13.1. The Bertz CT molecular complexity index is 1050. The molecule has 4 heteroatoms. The van der Waals surface area contributed by atoms with Gasteiger partial charge in [0.2, 0.25) is 0 Å². The first kappa shape index (κ1) is 32.7. The first-order valence-electron chi connectivity index (χ1n) is 16.4. The van der Waals surface area contributed by atoms with Crippen molar-refractivity contribution in [1.82, 2.24) is 0 Å². The van der Waals surface area contributed by atoms with Gasteiger partial charge in [-0.25, -0.2) is 4.79 Å². The number of hydrogen-bond donors (Lipinski definition) is 0. The Kier molecular flexibility index (Phi) is 14.3. The number of ether oxygens (including phenoxy) is 2. The molecule has 1 aliphatic rings. The maximum absolute atomic E-state index is 13.1. The molecule has 1 atom stereocenters. The quantitative estimate of drug-likeness (QED) is 0.103. The number of hydrogen-bond acceptors (Lipinski definition) is 4. The Morgan fingerprint density at radius 1 is 0.756 bits per heavy atom. The summed E-state index contributed by atoms with van der Waals surface area (Å²) in [5.41, 5.74) is 1.000. The lowest BCUT2D eigenvalue weighted by Gasteiger charge is -2.32. The van der Waals surface area contributed by atoms with Gasteiger partial charge in [0.1, 0.15) is 11.5 Å². The van der Waals surface area contributed by atoms with Crippen LogP contribution in [-0.2, 0) is 4.79 Å². The predicted molar refractivity (Wildman–Crippen MR) is 169 cm³/mol. The van der Waals surface area contributed by atoms with Crippen molar-refractivity contribution in [3.8, 4) is 28.7 Å². The first-order valence-corrected chi connectivity index (χ1v) is 16.4. The van der Waals surface area contributed by atoms with Crippen molar-refractivity contribution in [3.63, 3.8) is 0 Å². The largest absolute Gasteiger partial charge is 0.494 e. The number of nitriles is 1. The highest BCUT2D eigenvalue weighted by Gasteiger charge is 2.39. The summed E-state index contributed by atoms with van der Waals surface area (Å²) in [6, 6.07) is 18.0. The van der Waals surface area contributed by atoms with Crippen molar-refractivity contribution in [1.29, 1.82) is 5.26 Å². The summed E-state index contributed by atoms with van der Waals surface area (Å²) in [6.07, 6.45) is 19.4. The second-order valence-electron chi connectivity index (χ2n) is 12.4. The van der Waals surface area contributed by atoms with Gasteiger partial charge in [0, 0.05) is 0 Å². The number of carbonyl (C=O) groups is 1. The van der Waals surface area contributed by atoms with Crippen LogP contribution >= 0.6 is 0 Å². The van der Waals surface area contributed by atoms with E-state index in [0.717, 1.165) is 48.7 Å². The van der Waals surface area contributed by atoms with Crippen LogP contribution in [0, 0.1) is 28.6 Å². The smallest absolute Gasteiger partial charge is 0.331 e. The highest BCUT2D eigenvalue weighted by Crippen LogP contribution is 2.39. The fourth-order valence-electron chi connectivity index (χ4n) is 6.09. The minimum absolute atomic E-state index is 0.416. The first-order chi connectivity index (χ1) is 20.0. The third-order valence-corrected chi connectivity index (χ3v) is 8.85. The molecular formula is C37H53NO3. The van der Waals surface area contributed by atoms with Crippen molar-refractivity contribution in [3.05, 3.63) is 48.5 Å². The average molecular weight is 560 g/mol. The molecule has 0 aromatic heterocycles. The molecule has 3 rings (SSSR count). The van der Waals surface area contributed by atoms with Gasteiger partial charge in [-0.1, -0.05) is 128 Å². The highest BCUT2D eigenvalue weighted by atomic mass is 16.5. The van der Waals surface area contributed by atoms with Crippen LogP contribution in [0.2, 0.25) is 0 Å². The second kappa shape index (κ2) is 17.9. The van der Waals surface area contributed by atoms with Crippen LogP contribution in [0.1, 0.15) is 124 Å². The summed E-state index contributed by atoms with van der Waals surface area (Å²) in [7, 11) is 0. The summed E-state index contributed by atoms with van der Waals surface area (Å²) in [5, 5.41) is 9.96. The van der Waals surface area contributed by atoms with Crippen molar-refractivity contribution < 1.29 is 14.3 Å². The monoisotopic (exact) mass is 559 g/mol. The van der Waals surface area contributed by atoms with Crippen LogP contribution in [0.25, 0.3) is 11.1 Å².